The maximum absolute atomic E-state index is 11.1. The Hall–Kier alpha value is -0.613. The van der Waals surface area contributed by atoms with E-state index in [1.165, 1.54) is 11.3 Å². The van der Waals surface area contributed by atoms with Crippen molar-refractivity contribution in [3.8, 4) is 5.06 Å². The molecule has 0 unspecified atom stereocenters. The maximum Gasteiger partial charge on any atom is 0.230 e. The molecule has 0 spiro atoms. The fourth-order valence-corrected chi connectivity index (χ4v) is 3.69. The molecule has 0 N–H and O–H groups in total. The highest BCUT2D eigenvalue weighted by Crippen LogP contribution is 2.36. The van der Waals surface area contributed by atoms with E-state index in [-0.39, 0.29) is 5.41 Å². The average molecular weight is 242 g/mol. The van der Waals surface area contributed by atoms with E-state index in [0.29, 0.717) is 0 Å². The van der Waals surface area contributed by atoms with Crippen LogP contribution in [0.3, 0.4) is 0 Å². The molecule has 2 nitrogen and oxygen atoms in total. The molecule has 0 bridgehead atoms. The fourth-order valence-electron chi connectivity index (χ4n) is 1.35. The van der Waals surface area contributed by atoms with E-state index in [0.717, 1.165) is 22.5 Å². The molecule has 0 saturated heterocycles. The highest BCUT2D eigenvalue weighted by Gasteiger charge is 2.23. The van der Waals surface area contributed by atoms with E-state index in [4.69, 9.17) is 4.43 Å². The summed E-state index contributed by atoms with van der Waals surface area (Å²) in [6.45, 7) is 10.5. The summed E-state index contributed by atoms with van der Waals surface area (Å²) in [4.78, 5) is 11.1. The molecule has 1 rings (SSSR count). The Morgan fingerprint density at radius 3 is 2.40 bits per heavy atom. The molecule has 0 aliphatic rings. The Kier molecular flexibility index (Phi) is 3.73. The van der Waals surface area contributed by atoms with Crippen LogP contribution in [-0.4, -0.2) is 15.3 Å². The molecule has 1 aromatic heterocycles. The van der Waals surface area contributed by atoms with Gasteiger partial charge in [-0.3, -0.25) is 4.79 Å². The Labute approximate surface area is 97.0 Å². The molecule has 0 saturated carbocycles. The van der Waals surface area contributed by atoms with Crippen LogP contribution in [0.1, 0.15) is 36.7 Å². The summed E-state index contributed by atoms with van der Waals surface area (Å²) in [6.07, 6.45) is 0.920. The maximum atomic E-state index is 11.1. The molecule has 0 atom stereocenters. The van der Waals surface area contributed by atoms with Crippen LogP contribution >= 0.6 is 11.3 Å². The summed E-state index contributed by atoms with van der Waals surface area (Å²) in [6, 6.07) is 0. The lowest BCUT2D eigenvalue weighted by molar-refractivity contribution is 0.112. The van der Waals surface area contributed by atoms with Crippen molar-refractivity contribution in [1.82, 2.24) is 0 Å². The van der Waals surface area contributed by atoms with Crippen molar-refractivity contribution >= 4 is 26.7 Å². The number of aldehydes is 1. The second-order valence-electron chi connectivity index (χ2n) is 4.88. The van der Waals surface area contributed by atoms with Gasteiger partial charge in [-0.15, -0.1) is 11.3 Å². The van der Waals surface area contributed by atoms with Gasteiger partial charge in [-0.25, -0.2) is 0 Å². The van der Waals surface area contributed by atoms with E-state index in [1.54, 1.807) is 0 Å². The SMILES string of the molecule is C[SiH](C)Oc1scc(C(C)(C)C)c1C=O. The highest BCUT2D eigenvalue weighted by atomic mass is 32.1. The van der Waals surface area contributed by atoms with Gasteiger partial charge in [0.25, 0.3) is 0 Å². The van der Waals surface area contributed by atoms with Crippen LogP contribution in [0.15, 0.2) is 5.38 Å². The fraction of sp³-hybridized carbons (Fsp3) is 0.545. The van der Waals surface area contributed by atoms with Crippen LogP contribution in [0.2, 0.25) is 13.1 Å². The summed E-state index contributed by atoms with van der Waals surface area (Å²) < 4.78 is 5.74. The van der Waals surface area contributed by atoms with Gasteiger partial charge in [0.2, 0.25) is 9.04 Å². The van der Waals surface area contributed by atoms with Gasteiger partial charge in [0.15, 0.2) is 11.3 Å². The minimum atomic E-state index is -1.13. The molecule has 0 amide bonds. The van der Waals surface area contributed by atoms with E-state index >= 15 is 0 Å². The molecule has 0 aromatic carbocycles. The molecule has 0 aliphatic heterocycles. The quantitative estimate of drug-likeness (QED) is 0.601. The molecule has 0 radical (unpaired) electrons. The van der Waals surface area contributed by atoms with Gasteiger partial charge in [0.1, 0.15) is 0 Å². The summed E-state index contributed by atoms with van der Waals surface area (Å²) in [7, 11) is -1.13. The van der Waals surface area contributed by atoms with E-state index in [1.807, 2.05) is 5.38 Å². The van der Waals surface area contributed by atoms with Crippen molar-refractivity contribution in [2.75, 3.05) is 0 Å². The molecule has 84 valence electrons. The number of hydrogen-bond donors (Lipinski definition) is 0. The van der Waals surface area contributed by atoms with Crippen molar-refractivity contribution in [2.24, 2.45) is 0 Å². The first-order valence-corrected chi connectivity index (χ1v) is 8.76. The Bertz CT molecular complexity index is 350. The predicted molar refractivity (Wildman–Crippen MR) is 67.9 cm³/mol. The summed E-state index contributed by atoms with van der Waals surface area (Å²) in [5.41, 5.74) is 1.84. The minimum absolute atomic E-state index is 0.00683. The van der Waals surface area contributed by atoms with Gasteiger partial charge in [-0.1, -0.05) is 20.8 Å². The second-order valence-corrected chi connectivity index (χ2v) is 8.06. The normalized spacial score (nSPS) is 11.9. The lowest BCUT2D eigenvalue weighted by Gasteiger charge is -2.18. The number of rotatable bonds is 3. The van der Waals surface area contributed by atoms with Crippen molar-refractivity contribution in [2.45, 2.75) is 39.3 Å². The lowest BCUT2D eigenvalue weighted by Crippen LogP contribution is -2.14. The molecule has 1 aromatic rings. The minimum Gasteiger partial charge on any atom is -0.540 e. The van der Waals surface area contributed by atoms with E-state index in [2.05, 4.69) is 33.9 Å². The third kappa shape index (κ3) is 2.92. The molecular weight excluding hydrogens is 224 g/mol. The van der Waals surface area contributed by atoms with Gasteiger partial charge in [0, 0.05) is 0 Å². The first-order valence-electron chi connectivity index (χ1n) is 5.10. The summed E-state index contributed by atoms with van der Waals surface area (Å²) >= 11 is 1.54. The van der Waals surface area contributed by atoms with Crippen LogP contribution in [0, 0.1) is 0 Å². The van der Waals surface area contributed by atoms with Crippen LogP contribution < -0.4 is 4.43 Å². The first kappa shape index (κ1) is 12.5. The Balaban J connectivity index is 3.12. The Morgan fingerprint density at radius 2 is 2.00 bits per heavy atom. The van der Waals surface area contributed by atoms with Crippen molar-refractivity contribution in [3.05, 3.63) is 16.5 Å². The van der Waals surface area contributed by atoms with Gasteiger partial charge in [0.05, 0.1) is 5.56 Å². The molecule has 4 heteroatoms. The van der Waals surface area contributed by atoms with Crippen molar-refractivity contribution < 1.29 is 9.22 Å². The van der Waals surface area contributed by atoms with Gasteiger partial charge < -0.3 is 4.43 Å². The number of hydrogen-bond acceptors (Lipinski definition) is 3. The standard InChI is InChI=1S/C11H18O2SSi/c1-11(2,3)9-7-14-10(8(9)6-12)13-15(4)5/h6-7,15H,1-5H3. The van der Waals surface area contributed by atoms with Crippen LogP contribution in [0.5, 0.6) is 5.06 Å². The number of carbonyl (C=O) groups is 1. The zero-order valence-corrected chi connectivity index (χ0v) is 11.9. The molecular formula is C11H18O2SSi. The summed E-state index contributed by atoms with van der Waals surface area (Å²) in [5.74, 6) is 0. The van der Waals surface area contributed by atoms with Gasteiger partial charge in [-0.05, 0) is 29.5 Å². The largest absolute Gasteiger partial charge is 0.540 e. The van der Waals surface area contributed by atoms with E-state index < -0.39 is 9.04 Å². The van der Waals surface area contributed by atoms with Crippen molar-refractivity contribution in [3.63, 3.8) is 0 Å². The zero-order chi connectivity index (χ0) is 11.6. The smallest absolute Gasteiger partial charge is 0.230 e. The highest BCUT2D eigenvalue weighted by molar-refractivity contribution is 7.12. The first-order chi connectivity index (χ1) is 6.86. The Morgan fingerprint density at radius 1 is 1.40 bits per heavy atom. The third-order valence-corrected chi connectivity index (χ3v) is 3.82. The number of thiophene rings is 1. The summed E-state index contributed by atoms with van der Waals surface area (Å²) in [5, 5.41) is 2.84. The zero-order valence-electron chi connectivity index (χ0n) is 9.96. The van der Waals surface area contributed by atoms with Gasteiger partial charge in [-0.2, -0.15) is 0 Å². The van der Waals surface area contributed by atoms with E-state index in [9.17, 15) is 4.79 Å². The van der Waals surface area contributed by atoms with Crippen molar-refractivity contribution in [1.29, 1.82) is 0 Å². The monoisotopic (exact) mass is 242 g/mol. The lowest BCUT2D eigenvalue weighted by atomic mass is 9.87. The predicted octanol–water partition coefficient (Wildman–Crippen LogP) is 3.22. The van der Waals surface area contributed by atoms with Crippen LogP contribution in [0.4, 0.5) is 0 Å². The number of carbonyl (C=O) groups excluding carboxylic acids is 1. The topological polar surface area (TPSA) is 26.3 Å². The van der Waals surface area contributed by atoms with Gasteiger partial charge >= 0.3 is 0 Å². The molecule has 0 fully saturated rings. The second kappa shape index (κ2) is 4.49. The molecule has 1 heterocycles. The van der Waals surface area contributed by atoms with Crippen LogP contribution in [0.25, 0.3) is 0 Å². The van der Waals surface area contributed by atoms with Crippen LogP contribution in [-0.2, 0) is 5.41 Å². The third-order valence-electron chi connectivity index (χ3n) is 2.06. The average Bonchev–Trinajstić information content (AvgIpc) is 2.45. The molecule has 15 heavy (non-hydrogen) atoms. The molecule has 0 aliphatic carbocycles.